The van der Waals surface area contributed by atoms with E-state index < -0.39 is 5.97 Å². The molecule has 0 aromatic heterocycles. The van der Waals surface area contributed by atoms with Crippen LogP contribution in [0.15, 0.2) is 18.2 Å². The molecule has 1 rings (SSSR count). The van der Waals surface area contributed by atoms with Crippen LogP contribution in [0.3, 0.4) is 0 Å². The summed E-state index contributed by atoms with van der Waals surface area (Å²) >= 11 is 6.55. The summed E-state index contributed by atoms with van der Waals surface area (Å²) in [6.45, 7) is 3.76. The summed E-state index contributed by atoms with van der Waals surface area (Å²) in [6, 6.07) is 5.22. The van der Waals surface area contributed by atoms with Gasteiger partial charge >= 0.3 is 5.97 Å². The smallest absolute Gasteiger partial charge is 0.339 e. The molecule has 3 nitrogen and oxygen atoms in total. The van der Waals surface area contributed by atoms with Crippen molar-refractivity contribution in [1.82, 2.24) is 0 Å². The first-order valence-electron chi connectivity index (χ1n) is 5.56. The third-order valence-corrected chi connectivity index (χ3v) is 3.42. The number of carbonyl (C=O) groups excluding carboxylic acids is 2. The number of Topliss-reactive ketones (excluding diaryl/α,β-unsaturated/α-hetero) is 1. The maximum absolute atomic E-state index is 12.1. The highest BCUT2D eigenvalue weighted by atomic mass is 79.9. The van der Waals surface area contributed by atoms with Gasteiger partial charge in [0.15, 0.2) is 5.78 Å². The van der Waals surface area contributed by atoms with Crippen LogP contribution in [0.4, 0.5) is 0 Å². The van der Waals surface area contributed by atoms with Crippen LogP contribution in [0.1, 0.15) is 40.1 Å². The lowest BCUT2D eigenvalue weighted by Gasteiger charge is -2.12. The van der Waals surface area contributed by atoms with E-state index in [1.54, 1.807) is 32.0 Å². The zero-order chi connectivity index (χ0) is 13.7. The highest BCUT2D eigenvalue weighted by Gasteiger charge is 2.23. The van der Waals surface area contributed by atoms with Crippen molar-refractivity contribution in [2.24, 2.45) is 0 Å². The van der Waals surface area contributed by atoms with Crippen molar-refractivity contribution >= 4 is 43.6 Å². The molecule has 0 spiro atoms. The Morgan fingerprint density at radius 3 is 2.56 bits per heavy atom. The molecular formula is C13H14Br2O3. The average molecular weight is 378 g/mol. The molecule has 18 heavy (non-hydrogen) atoms. The summed E-state index contributed by atoms with van der Waals surface area (Å²) in [4.78, 5) is 23.7. The van der Waals surface area contributed by atoms with Crippen molar-refractivity contribution in [1.29, 1.82) is 0 Å². The molecule has 1 unspecified atom stereocenters. The van der Waals surface area contributed by atoms with Gasteiger partial charge in [-0.25, -0.2) is 4.79 Å². The Morgan fingerprint density at radius 2 is 2.06 bits per heavy atom. The molecule has 0 saturated heterocycles. The Kier molecular flexibility index (Phi) is 6.02. The maximum atomic E-state index is 12.1. The second kappa shape index (κ2) is 7.04. The van der Waals surface area contributed by atoms with E-state index in [0.717, 1.165) is 5.56 Å². The number of ether oxygens (including phenoxy) is 1. The normalized spacial score (nSPS) is 12.0. The Balaban J connectivity index is 3.33. The zero-order valence-corrected chi connectivity index (χ0v) is 13.4. The van der Waals surface area contributed by atoms with Crippen molar-refractivity contribution in [3.8, 4) is 0 Å². The van der Waals surface area contributed by atoms with Gasteiger partial charge in [-0.05, 0) is 19.4 Å². The van der Waals surface area contributed by atoms with Crippen LogP contribution in [-0.2, 0) is 10.1 Å². The van der Waals surface area contributed by atoms with Gasteiger partial charge in [0.2, 0.25) is 0 Å². The average Bonchev–Trinajstić information content (AvgIpc) is 2.36. The molecule has 0 amide bonds. The van der Waals surface area contributed by atoms with Crippen LogP contribution in [0.25, 0.3) is 0 Å². The molecule has 0 saturated carbocycles. The largest absolute Gasteiger partial charge is 0.462 e. The van der Waals surface area contributed by atoms with Gasteiger partial charge in [-0.2, -0.15) is 0 Å². The Bertz CT molecular complexity index is 456. The van der Waals surface area contributed by atoms with E-state index in [9.17, 15) is 9.59 Å². The number of esters is 1. The number of benzene rings is 1. The first-order valence-corrected chi connectivity index (χ1v) is 7.59. The number of halogens is 2. The van der Waals surface area contributed by atoms with Gasteiger partial charge in [0.1, 0.15) is 0 Å². The van der Waals surface area contributed by atoms with Gasteiger partial charge in [-0.3, -0.25) is 4.79 Å². The summed E-state index contributed by atoms with van der Waals surface area (Å²) in [5.74, 6) is -0.579. The number of hydrogen-bond acceptors (Lipinski definition) is 3. The molecule has 0 fully saturated rings. The van der Waals surface area contributed by atoms with Crippen LogP contribution in [-0.4, -0.2) is 23.2 Å². The first-order chi connectivity index (χ1) is 8.52. The molecule has 5 heteroatoms. The second-order valence-corrected chi connectivity index (χ2v) is 5.61. The second-order valence-electron chi connectivity index (χ2n) is 3.67. The quantitative estimate of drug-likeness (QED) is 0.446. The summed E-state index contributed by atoms with van der Waals surface area (Å²) in [6.07, 6.45) is 0. The molecule has 0 aliphatic rings. The van der Waals surface area contributed by atoms with E-state index >= 15 is 0 Å². The van der Waals surface area contributed by atoms with E-state index in [1.807, 2.05) is 0 Å². The number of ketones is 1. The lowest BCUT2D eigenvalue weighted by Crippen LogP contribution is -2.18. The van der Waals surface area contributed by atoms with E-state index in [2.05, 4.69) is 31.9 Å². The van der Waals surface area contributed by atoms with Gasteiger partial charge in [0, 0.05) is 10.9 Å². The number of alkyl halides is 2. The number of carbonyl (C=O) groups is 2. The minimum Gasteiger partial charge on any atom is -0.462 e. The maximum Gasteiger partial charge on any atom is 0.339 e. The van der Waals surface area contributed by atoms with Gasteiger partial charge in [-0.1, -0.05) is 50.1 Å². The first kappa shape index (κ1) is 15.4. The number of rotatable bonds is 5. The molecule has 98 valence electrons. The van der Waals surface area contributed by atoms with E-state index in [1.165, 1.54) is 0 Å². The fraction of sp³-hybridized carbons (Fsp3) is 0.385. The lowest BCUT2D eigenvalue weighted by molar-refractivity contribution is 0.0522. The van der Waals surface area contributed by atoms with E-state index in [0.29, 0.717) is 16.5 Å². The van der Waals surface area contributed by atoms with Crippen molar-refractivity contribution < 1.29 is 14.3 Å². The Hall–Kier alpha value is -0.680. The molecule has 0 bridgehead atoms. The predicted octanol–water partition coefficient (Wildman–Crippen LogP) is 3.72. The van der Waals surface area contributed by atoms with Gasteiger partial charge in [-0.15, -0.1) is 0 Å². The van der Waals surface area contributed by atoms with Crippen LogP contribution < -0.4 is 0 Å². The van der Waals surface area contributed by atoms with Crippen molar-refractivity contribution in [3.63, 3.8) is 0 Å². The van der Waals surface area contributed by atoms with Crippen molar-refractivity contribution in [3.05, 3.63) is 34.9 Å². The molecule has 0 aliphatic heterocycles. The fourth-order valence-electron chi connectivity index (χ4n) is 1.58. The molecular weight excluding hydrogens is 364 g/mol. The van der Waals surface area contributed by atoms with Crippen molar-refractivity contribution in [2.75, 3.05) is 6.61 Å². The molecule has 1 atom stereocenters. The van der Waals surface area contributed by atoms with Crippen LogP contribution in [0.5, 0.6) is 0 Å². The SMILES string of the molecule is CCOC(=O)c1c(CBr)cccc1C(=O)C(C)Br. The minimum atomic E-state index is -0.455. The summed E-state index contributed by atoms with van der Waals surface area (Å²) in [7, 11) is 0. The minimum absolute atomic E-state index is 0.124. The third-order valence-electron chi connectivity index (χ3n) is 2.40. The van der Waals surface area contributed by atoms with Gasteiger partial charge in [0.05, 0.1) is 17.0 Å². The predicted molar refractivity (Wildman–Crippen MR) is 77.7 cm³/mol. The standard InChI is InChI=1S/C13H14Br2O3/c1-3-18-13(17)11-9(7-14)5-4-6-10(11)12(16)8(2)15/h4-6,8H,3,7H2,1-2H3. The summed E-state index contributed by atoms with van der Waals surface area (Å²) in [5, 5.41) is 0.499. The zero-order valence-electron chi connectivity index (χ0n) is 10.2. The van der Waals surface area contributed by atoms with E-state index in [4.69, 9.17) is 4.74 Å². The van der Waals surface area contributed by atoms with Crippen LogP contribution >= 0.6 is 31.9 Å². The molecule has 1 aromatic rings. The lowest BCUT2D eigenvalue weighted by atomic mass is 9.98. The molecule has 1 aromatic carbocycles. The van der Waals surface area contributed by atoms with E-state index in [-0.39, 0.29) is 17.2 Å². The fourth-order valence-corrected chi connectivity index (χ4v) is 2.29. The topological polar surface area (TPSA) is 43.4 Å². The number of hydrogen-bond donors (Lipinski definition) is 0. The highest BCUT2D eigenvalue weighted by Crippen LogP contribution is 2.22. The van der Waals surface area contributed by atoms with Crippen molar-refractivity contribution in [2.45, 2.75) is 24.0 Å². The van der Waals surface area contributed by atoms with Crippen LogP contribution in [0.2, 0.25) is 0 Å². The summed E-state index contributed by atoms with van der Waals surface area (Å²) < 4.78 is 5.01. The highest BCUT2D eigenvalue weighted by molar-refractivity contribution is 9.10. The molecule has 0 N–H and O–H groups in total. The summed E-state index contributed by atoms with van der Waals surface area (Å²) in [5.41, 5.74) is 1.51. The van der Waals surface area contributed by atoms with Gasteiger partial charge in [0.25, 0.3) is 0 Å². The molecule has 0 radical (unpaired) electrons. The third kappa shape index (κ3) is 3.42. The van der Waals surface area contributed by atoms with Gasteiger partial charge < -0.3 is 4.74 Å². The Morgan fingerprint density at radius 1 is 1.39 bits per heavy atom. The van der Waals surface area contributed by atoms with Crippen LogP contribution in [0, 0.1) is 0 Å². The Labute approximate surface area is 123 Å². The molecule has 0 aliphatic carbocycles. The monoisotopic (exact) mass is 376 g/mol. The molecule has 0 heterocycles.